The van der Waals surface area contributed by atoms with Crippen LogP contribution in [0.15, 0.2) is 0 Å². The molecule has 0 aromatic heterocycles. The van der Waals surface area contributed by atoms with Gasteiger partial charge in [0.1, 0.15) is 0 Å². The summed E-state index contributed by atoms with van der Waals surface area (Å²) in [5.74, 6) is 1.64. The zero-order chi connectivity index (χ0) is 10.2. The van der Waals surface area contributed by atoms with E-state index < -0.39 is 0 Å². The Labute approximate surface area is 105 Å². The second kappa shape index (κ2) is 9.65. The van der Waals surface area contributed by atoms with Gasteiger partial charge in [-0.15, -0.1) is 0 Å². The molecule has 2 unspecified atom stereocenters. The van der Waals surface area contributed by atoms with Gasteiger partial charge < -0.3 is 24.3 Å². The van der Waals surface area contributed by atoms with Crippen LogP contribution in [0.25, 0.3) is 0 Å². The summed E-state index contributed by atoms with van der Waals surface area (Å²) in [6.07, 6.45) is 12.4. The molecule has 90 valence electrons. The topological polar surface area (TPSA) is 52.0 Å². The van der Waals surface area contributed by atoms with Crippen molar-refractivity contribution >= 4 is 0 Å². The molecule has 2 aliphatic rings. The van der Waals surface area contributed by atoms with E-state index in [1.54, 1.807) is 0 Å². The van der Waals surface area contributed by atoms with Crippen molar-refractivity contribution < 1.29 is 17.1 Å². The summed E-state index contributed by atoms with van der Waals surface area (Å²) in [7, 11) is 0. The van der Waals surface area contributed by atoms with Crippen molar-refractivity contribution in [2.45, 2.75) is 38.5 Å². The Balaban J connectivity index is 0.000000245. The Morgan fingerprint density at radius 3 is 1.40 bits per heavy atom. The van der Waals surface area contributed by atoms with Crippen LogP contribution in [0.2, 0.25) is 0 Å². The molecular formula is C12H24FeN2. The van der Waals surface area contributed by atoms with Gasteiger partial charge in [0.05, 0.1) is 0 Å². The molecule has 0 radical (unpaired) electrons. The van der Waals surface area contributed by atoms with Crippen molar-refractivity contribution in [3.8, 4) is 0 Å². The summed E-state index contributed by atoms with van der Waals surface area (Å²) in [5, 5.41) is 0. The normalized spacial score (nSPS) is 29.2. The average Bonchev–Trinajstić information content (AvgIpc) is 2.92. The van der Waals surface area contributed by atoms with E-state index >= 15 is 0 Å². The summed E-state index contributed by atoms with van der Waals surface area (Å²) in [6.45, 7) is 1.77. The molecule has 0 spiro atoms. The minimum Gasteiger partial charge on any atom is -0.330 e. The molecule has 0 bridgehead atoms. The molecule has 0 saturated heterocycles. The fourth-order valence-electron chi connectivity index (χ4n) is 2.08. The summed E-state index contributed by atoms with van der Waals surface area (Å²) in [4.78, 5) is 0. The van der Waals surface area contributed by atoms with Crippen molar-refractivity contribution in [2.24, 2.45) is 23.3 Å². The van der Waals surface area contributed by atoms with Crippen molar-refractivity contribution in [1.82, 2.24) is 0 Å². The van der Waals surface area contributed by atoms with Crippen LogP contribution in [0.5, 0.6) is 0 Å². The third kappa shape index (κ3) is 6.57. The Kier molecular flexibility index (Phi) is 9.93. The van der Waals surface area contributed by atoms with Gasteiger partial charge in [-0.3, -0.25) is 0 Å². The van der Waals surface area contributed by atoms with E-state index in [2.05, 4.69) is 12.8 Å². The monoisotopic (exact) mass is 252 g/mol. The maximum Gasteiger partial charge on any atom is 2.00 e. The first-order chi connectivity index (χ1) is 6.86. The molecule has 2 fully saturated rings. The third-order valence-corrected chi connectivity index (χ3v) is 3.22. The van der Waals surface area contributed by atoms with Gasteiger partial charge in [0, 0.05) is 0 Å². The maximum absolute atomic E-state index is 5.41. The number of rotatable bonds is 2. The van der Waals surface area contributed by atoms with Crippen molar-refractivity contribution in [2.75, 3.05) is 13.1 Å². The summed E-state index contributed by atoms with van der Waals surface area (Å²) in [6, 6.07) is 0. The largest absolute Gasteiger partial charge is 2.00 e. The summed E-state index contributed by atoms with van der Waals surface area (Å²) < 4.78 is 0. The van der Waals surface area contributed by atoms with Crippen LogP contribution in [0, 0.1) is 24.7 Å². The van der Waals surface area contributed by atoms with Crippen molar-refractivity contribution in [1.29, 1.82) is 0 Å². The molecule has 2 rings (SSSR count). The van der Waals surface area contributed by atoms with Crippen LogP contribution in [0.1, 0.15) is 38.5 Å². The minimum atomic E-state index is 0. The van der Waals surface area contributed by atoms with Gasteiger partial charge in [-0.25, -0.2) is 0 Å². The molecule has 2 saturated carbocycles. The van der Waals surface area contributed by atoms with E-state index in [9.17, 15) is 0 Å². The SMILES string of the molecule is NCC1C[CH-]CC1.NCC1C[CH-]CC1.[Fe+2]. The molecule has 0 aromatic carbocycles. The van der Waals surface area contributed by atoms with Crippen molar-refractivity contribution in [3.05, 3.63) is 12.8 Å². The van der Waals surface area contributed by atoms with Crippen LogP contribution in [0.3, 0.4) is 0 Å². The first kappa shape index (κ1) is 15.4. The van der Waals surface area contributed by atoms with Crippen LogP contribution < -0.4 is 11.5 Å². The average molecular weight is 252 g/mol. The van der Waals surface area contributed by atoms with E-state index in [1.807, 2.05) is 0 Å². The molecule has 2 atom stereocenters. The number of hydrogen-bond donors (Lipinski definition) is 2. The predicted octanol–water partition coefficient (Wildman–Crippen LogP) is 1.90. The number of hydrogen-bond acceptors (Lipinski definition) is 2. The van der Waals surface area contributed by atoms with Gasteiger partial charge in [0.2, 0.25) is 0 Å². The molecule has 0 heterocycles. The van der Waals surface area contributed by atoms with Gasteiger partial charge in [-0.1, -0.05) is 24.7 Å². The van der Waals surface area contributed by atoms with Gasteiger partial charge >= 0.3 is 17.1 Å². The second-order valence-electron chi connectivity index (χ2n) is 4.41. The first-order valence-corrected chi connectivity index (χ1v) is 5.90. The molecule has 2 aliphatic carbocycles. The second-order valence-corrected chi connectivity index (χ2v) is 4.41. The quantitative estimate of drug-likeness (QED) is 0.582. The molecule has 15 heavy (non-hydrogen) atoms. The van der Waals surface area contributed by atoms with Crippen molar-refractivity contribution in [3.63, 3.8) is 0 Å². The smallest absolute Gasteiger partial charge is 0.330 e. The Morgan fingerprint density at radius 2 is 1.27 bits per heavy atom. The summed E-state index contributed by atoms with van der Waals surface area (Å²) >= 11 is 0. The van der Waals surface area contributed by atoms with E-state index in [4.69, 9.17) is 11.5 Å². The maximum atomic E-state index is 5.41. The van der Waals surface area contributed by atoms with E-state index in [0.29, 0.717) is 0 Å². The van der Waals surface area contributed by atoms with E-state index in [-0.39, 0.29) is 17.1 Å². The molecule has 4 N–H and O–H groups in total. The molecule has 0 aliphatic heterocycles. The van der Waals surface area contributed by atoms with Gasteiger partial charge in [0.25, 0.3) is 0 Å². The van der Waals surface area contributed by atoms with Crippen LogP contribution in [-0.4, -0.2) is 13.1 Å². The predicted molar refractivity (Wildman–Crippen MR) is 61.4 cm³/mol. The molecule has 0 amide bonds. The molecular weight excluding hydrogens is 228 g/mol. The first-order valence-electron chi connectivity index (χ1n) is 5.90. The third-order valence-electron chi connectivity index (χ3n) is 3.22. The van der Waals surface area contributed by atoms with Gasteiger partial charge in [-0.2, -0.15) is 25.7 Å². The minimum absolute atomic E-state index is 0. The van der Waals surface area contributed by atoms with E-state index in [1.165, 1.54) is 38.5 Å². The number of nitrogens with two attached hydrogens (primary N) is 2. The zero-order valence-electron chi connectivity index (χ0n) is 9.47. The van der Waals surface area contributed by atoms with E-state index in [0.717, 1.165) is 24.9 Å². The van der Waals surface area contributed by atoms with Gasteiger partial charge in [0.15, 0.2) is 0 Å². The fraction of sp³-hybridized carbons (Fsp3) is 0.833. The fourth-order valence-corrected chi connectivity index (χ4v) is 2.08. The molecule has 3 heteroatoms. The van der Waals surface area contributed by atoms with Crippen LogP contribution >= 0.6 is 0 Å². The summed E-state index contributed by atoms with van der Waals surface area (Å²) in [5.41, 5.74) is 10.8. The molecule has 2 nitrogen and oxygen atoms in total. The van der Waals surface area contributed by atoms with Gasteiger partial charge in [-0.05, 0) is 13.1 Å². The van der Waals surface area contributed by atoms with Crippen LogP contribution in [0.4, 0.5) is 0 Å². The standard InChI is InChI=1S/2C6H12N.Fe/c2*7-5-6-3-1-2-4-6;/h2*1,6H,2-5,7H2;/q2*-1;+2. The Hall–Kier alpha value is 0.439. The zero-order valence-corrected chi connectivity index (χ0v) is 10.6. The Bertz CT molecular complexity index is 114. The van der Waals surface area contributed by atoms with Crippen LogP contribution in [-0.2, 0) is 17.1 Å². The Morgan fingerprint density at radius 1 is 0.867 bits per heavy atom. The molecule has 0 aromatic rings.